The van der Waals surface area contributed by atoms with Crippen molar-refractivity contribution in [3.63, 3.8) is 0 Å². The molecule has 0 bridgehead atoms. The largest absolute Gasteiger partial charge is 0.489 e. The number of rotatable bonds is 7. The predicted molar refractivity (Wildman–Crippen MR) is 114 cm³/mol. The number of carbonyl (C=O) groups is 1. The number of hydrogen-bond acceptors (Lipinski definition) is 7. The van der Waals surface area contributed by atoms with E-state index in [-0.39, 0.29) is 27.7 Å². The van der Waals surface area contributed by atoms with Crippen LogP contribution in [0.25, 0.3) is 11.1 Å². The van der Waals surface area contributed by atoms with Crippen LogP contribution in [0.1, 0.15) is 16.7 Å². The maximum absolute atomic E-state index is 11.1. The Morgan fingerprint density at radius 3 is 2.30 bits per heavy atom. The topological polar surface area (TPSA) is 139 Å². The Labute approximate surface area is 177 Å². The first-order valence-electron chi connectivity index (χ1n) is 8.85. The van der Waals surface area contributed by atoms with Crippen LogP contribution in [0.15, 0.2) is 59.6 Å². The lowest BCUT2D eigenvalue weighted by molar-refractivity contribution is -0.115. The number of nitrogens with two attached hydrogens (primary N) is 2. The highest BCUT2D eigenvalue weighted by molar-refractivity contribution is 8.00. The van der Waals surface area contributed by atoms with Gasteiger partial charge in [0.05, 0.1) is 11.3 Å². The van der Waals surface area contributed by atoms with Gasteiger partial charge in [0.25, 0.3) is 0 Å². The van der Waals surface area contributed by atoms with Crippen molar-refractivity contribution in [1.29, 1.82) is 10.5 Å². The Bertz CT molecular complexity index is 1150. The number of ether oxygens (including phenoxy) is 1. The molecule has 0 unspecified atom stereocenters. The Kier molecular flexibility index (Phi) is 6.53. The van der Waals surface area contributed by atoms with Crippen LogP contribution in [0.3, 0.4) is 0 Å². The molecule has 30 heavy (non-hydrogen) atoms. The second-order valence-corrected chi connectivity index (χ2v) is 7.17. The van der Waals surface area contributed by atoms with E-state index in [0.29, 0.717) is 23.5 Å². The molecule has 1 aromatic heterocycles. The van der Waals surface area contributed by atoms with E-state index >= 15 is 0 Å². The molecule has 4 N–H and O–H groups in total. The first-order valence-corrected chi connectivity index (χ1v) is 9.84. The maximum Gasteiger partial charge on any atom is 0.227 e. The number of nitrogen functional groups attached to an aromatic ring is 1. The van der Waals surface area contributed by atoms with Gasteiger partial charge in [0.15, 0.2) is 0 Å². The summed E-state index contributed by atoms with van der Waals surface area (Å²) < 4.78 is 5.79. The number of anilines is 1. The zero-order chi connectivity index (χ0) is 21.5. The highest BCUT2D eigenvalue weighted by Crippen LogP contribution is 2.36. The average molecular weight is 415 g/mol. The third-order valence-corrected chi connectivity index (χ3v) is 5.16. The van der Waals surface area contributed by atoms with E-state index in [2.05, 4.69) is 11.1 Å². The van der Waals surface area contributed by atoms with Crippen LogP contribution in [0.4, 0.5) is 5.82 Å². The van der Waals surface area contributed by atoms with Crippen molar-refractivity contribution in [2.45, 2.75) is 11.6 Å². The normalized spacial score (nSPS) is 10.1. The minimum absolute atomic E-state index is 0.0112. The summed E-state index contributed by atoms with van der Waals surface area (Å²) in [5.74, 6) is 0.0292. The summed E-state index contributed by atoms with van der Waals surface area (Å²) in [7, 11) is 0. The van der Waals surface area contributed by atoms with Crippen molar-refractivity contribution in [1.82, 2.24) is 4.98 Å². The Balaban J connectivity index is 1.94. The molecule has 2 aromatic carbocycles. The van der Waals surface area contributed by atoms with Gasteiger partial charge in [-0.3, -0.25) is 4.79 Å². The monoisotopic (exact) mass is 415 g/mol. The number of amides is 1. The first kappa shape index (κ1) is 20.7. The van der Waals surface area contributed by atoms with Gasteiger partial charge in [-0.1, -0.05) is 54.2 Å². The summed E-state index contributed by atoms with van der Waals surface area (Å²) in [6.45, 7) is 0.420. The minimum atomic E-state index is -0.546. The number of primary amides is 1. The number of pyridine rings is 1. The van der Waals surface area contributed by atoms with Gasteiger partial charge in [-0.15, -0.1) is 0 Å². The highest BCUT2D eigenvalue weighted by atomic mass is 32.2. The third kappa shape index (κ3) is 4.69. The summed E-state index contributed by atoms with van der Waals surface area (Å²) in [6, 6.07) is 20.9. The summed E-state index contributed by atoms with van der Waals surface area (Å²) in [6.07, 6.45) is 0. The number of benzene rings is 2. The van der Waals surface area contributed by atoms with Crippen LogP contribution in [0, 0.1) is 22.7 Å². The van der Waals surface area contributed by atoms with Gasteiger partial charge in [0.1, 0.15) is 40.9 Å². The van der Waals surface area contributed by atoms with Crippen LogP contribution in [0.5, 0.6) is 5.75 Å². The number of carbonyl (C=O) groups excluding carboxylic acids is 1. The molecule has 7 nitrogen and oxygen atoms in total. The Morgan fingerprint density at radius 1 is 1.03 bits per heavy atom. The highest BCUT2D eigenvalue weighted by Gasteiger charge is 2.21. The van der Waals surface area contributed by atoms with Gasteiger partial charge < -0.3 is 16.2 Å². The molecule has 148 valence electrons. The zero-order valence-corrected chi connectivity index (χ0v) is 16.6. The molecule has 0 aliphatic carbocycles. The van der Waals surface area contributed by atoms with E-state index < -0.39 is 5.91 Å². The number of nitrogens with zero attached hydrogens (tertiary/aromatic N) is 3. The van der Waals surface area contributed by atoms with Gasteiger partial charge in [-0.25, -0.2) is 4.98 Å². The molecule has 0 atom stereocenters. The number of nitriles is 2. The lowest BCUT2D eigenvalue weighted by Crippen LogP contribution is -2.14. The van der Waals surface area contributed by atoms with E-state index in [4.69, 9.17) is 16.2 Å². The van der Waals surface area contributed by atoms with E-state index in [0.717, 1.165) is 17.3 Å². The molecule has 0 saturated carbocycles. The number of aromatic nitrogens is 1. The molecule has 3 aromatic rings. The summed E-state index contributed by atoms with van der Waals surface area (Å²) in [4.78, 5) is 15.2. The maximum atomic E-state index is 11.1. The fourth-order valence-corrected chi connectivity index (χ4v) is 3.52. The molecule has 8 heteroatoms. The van der Waals surface area contributed by atoms with E-state index in [1.807, 2.05) is 36.4 Å². The second kappa shape index (κ2) is 9.46. The van der Waals surface area contributed by atoms with Crippen molar-refractivity contribution < 1.29 is 9.53 Å². The fourth-order valence-electron chi connectivity index (χ4n) is 2.79. The number of thioether (sulfide) groups is 1. The summed E-state index contributed by atoms with van der Waals surface area (Å²) in [5, 5.41) is 19.5. The fraction of sp³-hybridized carbons (Fsp3) is 0.0909. The molecule has 0 saturated heterocycles. The molecular weight excluding hydrogens is 398 g/mol. The molecule has 3 rings (SSSR count). The molecule has 0 radical (unpaired) electrons. The third-order valence-electron chi connectivity index (χ3n) is 4.16. The van der Waals surface area contributed by atoms with Crippen LogP contribution >= 0.6 is 11.8 Å². The second-order valence-electron chi connectivity index (χ2n) is 6.20. The van der Waals surface area contributed by atoms with Gasteiger partial charge in [0, 0.05) is 5.56 Å². The average Bonchev–Trinajstić information content (AvgIpc) is 2.76. The minimum Gasteiger partial charge on any atom is -0.489 e. The molecule has 0 aliphatic heterocycles. The van der Waals surface area contributed by atoms with Crippen LogP contribution in [0.2, 0.25) is 0 Å². The van der Waals surface area contributed by atoms with Crippen molar-refractivity contribution >= 4 is 23.5 Å². The number of hydrogen-bond donors (Lipinski definition) is 2. The lowest BCUT2D eigenvalue weighted by atomic mass is 9.97. The van der Waals surface area contributed by atoms with Crippen molar-refractivity contribution in [3.8, 4) is 29.0 Å². The van der Waals surface area contributed by atoms with Crippen LogP contribution < -0.4 is 16.2 Å². The molecule has 1 heterocycles. The lowest BCUT2D eigenvalue weighted by Gasteiger charge is -2.13. The molecule has 0 aliphatic rings. The first-order chi connectivity index (χ1) is 14.5. The van der Waals surface area contributed by atoms with E-state index in [9.17, 15) is 15.3 Å². The van der Waals surface area contributed by atoms with Gasteiger partial charge in [-0.2, -0.15) is 10.5 Å². The van der Waals surface area contributed by atoms with Crippen LogP contribution in [-0.2, 0) is 11.4 Å². The SMILES string of the molecule is N#Cc1c(N)nc(SCC(N)=O)c(C#N)c1-c1ccc(OCc2ccccc2)cc1. The van der Waals surface area contributed by atoms with E-state index in [1.54, 1.807) is 24.3 Å². The van der Waals surface area contributed by atoms with Gasteiger partial charge in [0.2, 0.25) is 5.91 Å². The molecular formula is C22H17N5O2S. The standard InChI is InChI=1S/C22H17N5O2S/c23-10-17-20(18(11-24)22(27-21(17)26)30-13-19(25)28)15-6-8-16(9-7-15)29-12-14-4-2-1-3-5-14/h1-9H,12-13H2,(H2,25,28)(H2,26,27). The quantitative estimate of drug-likeness (QED) is 0.565. The smallest absolute Gasteiger partial charge is 0.227 e. The van der Waals surface area contributed by atoms with Crippen molar-refractivity contribution in [2.24, 2.45) is 5.73 Å². The van der Waals surface area contributed by atoms with Crippen molar-refractivity contribution in [2.75, 3.05) is 11.5 Å². The summed E-state index contributed by atoms with van der Waals surface area (Å²) in [5.41, 5.74) is 13.4. The predicted octanol–water partition coefficient (Wildman–Crippen LogP) is 3.23. The Hall–Kier alpha value is -4.01. The van der Waals surface area contributed by atoms with Crippen LogP contribution in [-0.4, -0.2) is 16.6 Å². The Morgan fingerprint density at radius 2 is 1.70 bits per heavy atom. The van der Waals surface area contributed by atoms with Gasteiger partial charge >= 0.3 is 0 Å². The zero-order valence-electron chi connectivity index (χ0n) is 15.8. The molecule has 0 spiro atoms. The van der Waals surface area contributed by atoms with Crippen molar-refractivity contribution in [3.05, 3.63) is 71.3 Å². The summed E-state index contributed by atoms with van der Waals surface area (Å²) >= 11 is 1.01. The molecule has 0 fully saturated rings. The molecule has 1 amide bonds. The van der Waals surface area contributed by atoms with E-state index in [1.165, 1.54) is 0 Å². The van der Waals surface area contributed by atoms with Gasteiger partial charge in [-0.05, 0) is 23.3 Å².